The normalized spacial score (nSPS) is 8.41. The minimum Gasteiger partial charge on any atom is -0.336 e. The summed E-state index contributed by atoms with van der Waals surface area (Å²) in [6.07, 6.45) is 13.6. The summed E-state index contributed by atoms with van der Waals surface area (Å²) >= 11 is 0. The Bertz CT molecular complexity index is 692. The van der Waals surface area contributed by atoms with Crippen molar-refractivity contribution in [1.82, 2.24) is 19.6 Å². The van der Waals surface area contributed by atoms with E-state index in [2.05, 4.69) is 52.6 Å². The first-order valence-corrected chi connectivity index (χ1v) is 14.1. The van der Waals surface area contributed by atoms with Gasteiger partial charge in [-0.05, 0) is 0 Å². The van der Waals surface area contributed by atoms with Crippen molar-refractivity contribution < 1.29 is 19.2 Å². The van der Waals surface area contributed by atoms with Gasteiger partial charge in [0.25, 0.3) is 0 Å². The van der Waals surface area contributed by atoms with Crippen LogP contribution in [0.15, 0.2) is 101 Å². The quantitative estimate of drug-likeness (QED) is 0.239. The molecule has 0 aromatic heterocycles. The number of nitrogens with two attached hydrogens (primary N) is 2. The summed E-state index contributed by atoms with van der Waals surface area (Å²) in [4.78, 5) is 49.6. The lowest BCUT2D eigenvalue weighted by Crippen LogP contribution is -2.28. The fourth-order valence-corrected chi connectivity index (χ4v) is 2.57. The largest absolute Gasteiger partial charge is 0.336 e. The molecule has 0 heterocycles. The molecule has 0 aromatic carbocycles. The van der Waals surface area contributed by atoms with E-state index < -0.39 is 0 Å². The average molecular weight is 617 g/mol. The molecule has 44 heavy (non-hydrogen) atoms. The average Bonchev–Trinajstić information content (AvgIpc) is 2.97. The molecule has 10 nitrogen and oxygen atoms in total. The molecular weight excluding hydrogens is 556 g/mol. The van der Waals surface area contributed by atoms with E-state index in [1.54, 1.807) is 68.2 Å². The topological polar surface area (TPSA) is 133 Å². The van der Waals surface area contributed by atoms with Crippen molar-refractivity contribution in [2.45, 2.75) is 27.7 Å². The molecule has 0 bridgehead atoms. The Morgan fingerprint density at radius 2 is 0.500 bits per heavy atom. The lowest BCUT2D eigenvalue weighted by molar-refractivity contribution is -0.128. The van der Waals surface area contributed by atoms with Crippen LogP contribution in [-0.4, -0.2) is 109 Å². The maximum atomic E-state index is 10.8. The molecule has 0 fully saturated rings. The zero-order valence-electron chi connectivity index (χ0n) is 27.9. The highest BCUT2D eigenvalue weighted by atomic mass is 16.2. The molecule has 0 radical (unpaired) electrons. The molecule has 10 heteroatoms. The molecule has 250 valence electrons. The minimum atomic E-state index is 0.0554. The molecule has 0 spiro atoms. The Hall–Kier alpha value is -4.28. The number of nitrogens with zero attached hydrogens (tertiary/aromatic N) is 4. The Labute approximate surface area is 268 Å². The van der Waals surface area contributed by atoms with Gasteiger partial charge in [0.05, 0.1) is 0 Å². The Morgan fingerprint density at radius 3 is 0.545 bits per heavy atom. The van der Waals surface area contributed by atoms with Gasteiger partial charge in [0, 0.05) is 93.1 Å². The third kappa shape index (κ3) is 37.7. The number of amides is 4. The van der Waals surface area contributed by atoms with E-state index in [0.29, 0.717) is 65.4 Å². The summed E-state index contributed by atoms with van der Waals surface area (Å²) in [5, 5.41) is 0. The fourth-order valence-electron chi connectivity index (χ4n) is 2.57. The van der Waals surface area contributed by atoms with E-state index >= 15 is 0 Å². The molecule has 4 N–H and O–H groups in total. The van der Waals surface area contributed by atoms with Crippen molar-refractivity contribution >= 4 is 23.6 Å². The molecule has 0 aliphatic heterocycles. The van der Waals surface area contributed by atoms with Gasteiger partial charge in [-0.25, -0.2) is 0 Å². The van der Waals surface area contributed by atoms with E-state index in [1.165, 1.54) is 27.7 Å². The number of hydrogen-bond donors (Lipinski definition) is 2. The standard InChI is InChI=1S/4C8H13NO.C2H8N2/c4*1-4-6-9(7-5-2)8(3)10;3-1-2-4/h4*4-5H,1-2,6-7H2,3H3;1-4H2. The van der Waals surface area contributed by atoms with Gasteiger partial charge in [-0.1, -0.05) is 48.6 Å². The van der Waals surface area contributed by atoms with Crippen molar-refractivity contribution in [3.63, 3.8) is 0 Å². The zero-order valence-corrected chi connectivity index (χ0v) is 27.9. The van der Waals surface area contributed by atoms with Crippen molar-refractivity contribution in [2.75, 3.05) is 65.4 Å². The van der Waals surface area contributed by atoms with Crippen LogP contribution in [0.25, 0.3) is 0 Å². The van der Waals surface area contributed by atoms with E-state index in [0.717, 1.165) is 0 Å². The predicted molar refractivity (Wildman–Crippen MR) is 189 cm³/mol. The smallest absolute Gasteiger partial charge is 0.220 e. The summed E-state index contributed by atoms with van der Waals surface area (Å²) in [6.45, 7) is 40.4. The first-order valence-electron chi connectivity index (χ1n) is 14.1. The van der Waals surface area contributed by atoms with Crippen LogP contribution < -0.4 is 11.5 Å². The third-order valence-electron chi connectivity index (χ3n) is 4.74. The van der Waals surface area contributed by atoms with E-state index in [4.69, 9.17) is 11.5 Å². The van der Waals surface area contributed by atoms with Gasteiger partial charge in [-0.15, -0.1) is 52.6 Å². The second-order valence-electron chi connectivity index (χ2n) is 8.58. The summed E-state index contributed by atoms with van der Waals surface area (Å²) in [5.41, 5.74) is 9.81. The molecule has 0 unspecified atom stereocenters. The van der Waals surface area contributed by atoms with E-state index in [1.807, 2.05) is 0 Å². The SMILES string of the molecule is C=CCN(CC=C)C(C)=O.C=CCN(CC=C)C(C)=O.C=CCN(CC=C)C(C)=O.C=CCN(CC=C)C(C)=O.NCCN. The van der Waals surface area contributed by atoms with Gasteiger partial charge in [0.2, 0.25) is 23.6 Å². The van der Waals surface area contributed by atoms with Crippen LogP contribution in [-0.2, 0) is 19.2 Å². The van der Waals surface area contributed by atoms with Gasteiger partial charge >= 0.3 is 0 Å². The maximum Gasteiger partial charge on any atom is 0.220 e. The van der Waals surface area contributed by atoms with Crippen LogP contribution in [0.4, 0.5) is 0 Å². The van der Waals surface area contributed by atoms with Gasteiger partial charge in [0.1, 0.15) is 0 Å². The van der Waals surface area contributed by atoms with Crippen LogP contribution >= 0.6 is 0 Å². The zero-order chi connectivity index (χ0) is 35.3. The van der Waals surface area contributed by atoms with Crippen LogP contribution in [0.3, 0.4) is 0 Å². The van der Waals surface area contributed by atoms with Crippen molar-refractivity contribution in [3.05, 3.63) is 101 Å². The monoisotopic (exact) mass is 616 g/mol. The molecule has 4 amide bonds. The summed E-state index contributed by atoms with van der Waals surface area (Å²) in [5.74, 6) is 0.221. The van der Waals surface area contributed by atoms with E-state index in [-0.39, 0.29) is 23.6 Å². The number of hydrogen-bond acceptors (Lipinski definition) is 6. The highest BCUT2D eigenvalue weighted by molar-refractivity contribution is 5.74. The Balaban J connectivity index is -0.000000147. The predicted octanol–water partition coefficient (Wildman–Crippen LogP) is 3.73. The summed E-state index contributed by atoms with van der Waals surface area (Å²) < 4.78 is 0. The Kier molecular flexibility index (Phi) is 43.5. The minimum absolute atomic E-state index is 0.0554. The van der Waals surface area contributed by atoms with Crippen LogP contribution in [0.5, 0.6) is 0 Å². The molecule has 0 saturated carbocycles. The highest BCUT2D eigenvalue weighted by Crippen LogP contribution is 1.91. The van der Waals surface area contributed by atoms with E-state index in [9.17, 15) is 19.2 Å². The maximum absolute atomic E-state index is 10.8. The lowest BCUT2D eigenvalue weighted by atomic mass is 10.4. The van der Waals surface area contributed by atoms with Crippen LogP contribution in [0.1, 0.15) is 27.7 Å². The highest BCUT2D eigenvalue weighted by Gasteiger charge is 2.03. The summed E-state index contributed by atoms with van der Waals surface area (Å²) in [7, 11) is 0. The van der Waals surface area contributed by atoms with Gasteiger partial charge in [-0.2, -0.15) is 0 Å². The molecule has 0 aliphatic rings. The van der Waals surface area contributed by atoms with Crippen molar-refractivity contribution in [1.29, 1.82) is 0 Å². The third-order valence-corrected chi connectivity index (χ3v) is 4.74. The second kappa shape index (κ2) is 38.7. The number of carbonyl (C=O) groups is 4. The first-order chi connectivity index (χ1) is 20.8. The van der Waals surface area contributed by atoms with Crippen LogP contribution in [0, 0.1) is 0 Å². The van der Waals surface area contributed by atoms with Crippen molar-refractivity contribution in [2.24, 2.45) is 11.5 Å². The lowest BCUT2D eigenvalue weighted by Gasteiger charge is -2.15. The van der Waals surface area contributed by atoms with Gasteiger partial charge in [0.15, 0.2) is 0 Å². The molecule has 0 aromatic rings. The molecule has 0 atom stereocenters. The first kappa shape index (κ1) is 49.4. The van der Waals surface area contributed by atoms with Gasteiger partial charge in [-0.3, -0.25) is 19.2 Å². The fraction of sp³-hybridized carbons (Fsp3) is 0.412. The molecule has 0 aliphatic carbocycles. The Morgan fingerprint density at radius 1 is 0.386 bits per heavy atom. The van der Waals surface area contributed by atoms with Crippen molar-refractivity contribution in [3.8, 4) is 0 Å². The molecule has 0 rings (SSSR count). The number of carbonyl (C=O) groups excluding carboxylic acids is 4. The van der Waals surface area contributed by atoms with Gasteiger partial charge < -0.3 is 31.1 Å². The second-order valence-corrected chi connectivity index (χ2v) is 8.58. The molecular formula is C34H60N6O4. The number of rotatable bonds is 17. The molecule has 0 saturated heterocycles. The van der Waals surface area contributed by atoms with Crippen LogP contribution in [0.2, 0.25) is 0 Å². The summed E-state index contributed by atoms with van der Waals surface area (Å²) in [6, 6.07) is 0.